The van der Waals surface area contributed by atoms with E-state index in [-0.39, 0.29) is 12.4 Å². The summed E-state index contributed by atoms with van der Waals surface area (Å²) in [5, 5.41) is 0. The molecule has 0 fully saturated rings. The molecular formula is C11H11FN4O. The summed E-state index contributed by atoms with van der Waals surface area (Å²) in [7, 11) is 1.53. The van der Waals surface area contributed by atoms with E-state index in [0.717, 1.165) is 6.20 Å². The number of rotatable bonds is 3. The van der Waals surface area contributed by atoms with Gasteiger partial charge in [0, 0.05) is 24.9 Å². The standard InChI is InChI=1S/C11H11FN4O/c1-17-6-11-15-9(4-10(13)16-11)7-2-3-14-5-8(7)12/h2-5H,6H2,1H3,(H2,13,15,16). The molecule has 0 radical (unpaired) electrons. The molecule has 88 valence electrons. The van der Waals surface area contributed by atoms with Crippen molar-refractivity contribution in [2.24, 2.45) is 0 Å². The van der Waals surface area contributed by atoms with E-state index in [1.165, 1.54) is 25.4 Å². The maximum Gasteiger partial charge on any atom is 0.157 e. The average Bonchev–Trinajstić information content (AvgIpc) is 2.29. The van der Waals surface area contributed by atoms with Crippen LogP contribution in [0, 0.1) is 5.82 Å². The molecule has 0 bridgehead atoms. The number of nitrogen functional groups attached to an aromatic ring is 1. The van der Waals surface area contributed by atoms with Crippen LogP contribution in [0.3, 0.4) is 0 Å². The van der Waals surface area contributed by atoms with Gasteiger partial charge in [0.25, 0.3) is 0 Å². The Morgan fingerprint density at radius 3 is 2.94 bits per heavy atom. The van der Waals surface area contributed by atoms with Gasteiger partial charge in [0.2, 0.25) is 0 Å². The highest BCUT2D eigenvalue weighted by Gasteiger charge is 2.09. The molecule has 2 N–H and O–H groups in total. The van der Waals surface area contributed by atoms with E-state index in [2.05, 4.69) is 15.0 Å². The lowest BCUT2D eigenvalue weighted by Gasteiger charge is -2.05. The molecule has 0 aliphatic heterocycles. The van der Waals surface area contributed by atoms with Gasteiger partial charge in [0.1, 0.15) is 12.4 Å². The van der Waals surface area contributed by atoms with Crippen LogP contribution < -0.4 is 5.73 Å². The quantitative estimate of drug-likeness (QED) is 0.869. The number of hydrogen-bond acceptors (Lipinski definition) is 5. The Morgan fingerprint density at radius 2 is 2.24 bits per heavy atom. The Bertz CT molecular complexity index is 533. The molecule has 0 aliphatic carbocycles. The van der Waals surface area contributed by atoms with E-state index in [9.17, 15) is 4.39 Å². The van der Waals surface area contributed by atoms with Crippen molar-refractivity contribution in [3.8, 4) is 11.3 Å². The highest BCUT2D eigenvalue weighted by molar-refractivity contribution is 5.61. The molecule has 0 spiro atoms. The number of nitrogens with zero attached hydrogens (tertiary/aromatic N) is 3. The first-order valence-corrected chi connectivity index (χ1v) is 4.93. The number of aromatic nitrogens is 3. The van der Waals surface area contributed by atoms with Crippen LogP contribution >= 0.6 is 0 Å². The smallest absolute Gasteiger partial charge is 0.157 e. The number of hydrogen-bond donors (Lipinski definition) is 1. The van der Waals surface area contributed by atoms with Crippen molar-refractivity contribution >= 4 is 5.82 Å². The fourth-order valence-corrected chi connectivity index (χ4v) is 1.43. The molecular weight excluding hydrogens is 223 g/mol. The molecule has 17 heavy (non-hydrogen) atoms. The topological polar surface area (TPSA) is 73.9 Å². The minimum absolute atomic E-state index is 0.227. The SMILES string of the molecule is COCc1nc(N)cc(-c2ccncc2F)n1. The second kappa shape index (κ2) is 4.84. The lowest BCUT2D eigenvalue weighted by atomic mass is 10.2. The van der Waals surface area contributed by atoms with Crippen molar-refractivity contribution in [3.63, 3.8) is 0 Å². The van der Waals surface area contributed by atoms with Crippen LogP contribution in [0.4, 0.5) is 10.2 Å². The molecule has 2 rings (SSSR count). The highest BCUT2D eigenvalue weighted by Crippen LogP contribution is 2.21. The van der Waals surface area contributed by atoms with Crippen molar-refractivity contribution in [1.29, 1.82) is 0 Å². The molecule has 6 heteroatoms. The van der Waals surface area contributed by atoms with Gasteiger partial charge < -0.3 is 10.5 Å². The Hall–Kier alpha value is -2.08. The van der Waals surface area contributed by atoms with Gasteiger partial charge in [-0.15, -0.1) is 0 Å². The lowest BCUT2D eigenvalue weighted by Crippen LogP contribution is -2.03. The normalized spacial score (nSPS) is 10.5. The second-order valence-electron chi connectivity index (χ2n) is 3.38. The summed E-state index contributed by atoms with van der Waals surface area (Å²) >= 11 is 0. The number of nitrogens with two attached hydrogens (primary N) is 1. The summed E-state index contributed by atoms with van der Waals surface area (Å²) in [4.78, 5) is 11.8. The molecule has 0 saturated heterocycles. The molecule has 0 amide bonds. The van der Waals surface area contributed by atoms with Crippen LogP contribution in [0.5, 0.6) is 0 Å². The molecule has 0 unspecified atom stereocenters. The fourth-order valence-electron chi connectivity index (χ4n) is 1.43. The Balaban J connectivity index is 2.48. The maximum atomic E-state index is 13.5. The first kappa shape index (κ1) is 11.4. The van der Waals surface area contributed by atoms with E-state index < -0.39 is 5.82 Å². The third kappa shape index (κ3) is 2.54. The van der Waals surface area contributed by atoms with Gasteiger partial charge in [-0.1, -0.05) is 0 Å². The number of pyridine rings is 1. The predicted octanol–water partition coefficient (Wildman–Crippen LogP) is 1.41. The Labute approximate surface area is 97.5 Å². The van der Waals surface area contributed by atoms with Gasteiger partial charge >= 0.3 is 0 Å². The van der Waals surface area contributed by atoms with E-state index in [0.29, 0.717) is 17.1 Å². The van der Waals surface area contributed by atoms with Crippen LogP contribution in [0.2, 0.25) is 0 Å². The molecule has 0 saturated carbocycles. The molecule has 2 aromatic heterocycles. The number of anilines is 1. The number of halogens is 1. The van der Waals surface area contributed by atoms with Crippen LogP contribution in [0.25, 0.3) is 11.3 Å². The Morgan fingerprint density at radius 1 is 1.41 bits per heavy atom. The first-order chi connectivity index (χ1) is 8.20. The zero-order valence-electron chi connectivity index (χ0n) is 9.22. The Kier molecular flexibility index (Phi) is 3.24. The van der Waals surface area contributed by atoms with Crippen LogP contribution in [0.1, 0.15) is 5.82 Å². The van der Waals surface area contributed by atoms with Crippen LogP contribution in [0.15, 0.2) is 24.5 Å². The second-order valence-corrected chi connectivity index (χ2v) is 3.38. The predicted molar refractivity (Wildman–Crippen MR) is 60.3 cm³/mol. The van der Waals surface area contributed by atoms with Gasteiger partial charge in [-0.25, -0.2) is 14.4 Å². The van der Waals surface area contributed by atoms with E-state index in [4.69, 9.17) is 10.5 Å². The monoisotopic (exact) mass is 234 g/mol. The zero-order valence-corrected chi connectivity index (χ0v) is 9.22. The molecule has 0 atom stereocenters. The number of methoxy groups -OCH3 is 1. The lowest BCUT2D eigenvalue weighted by molar-refractivity contribution is 0.178. The van der Waals surface area contributed by atoms with E-state index in [1.54, 1.807) is 0 Å². The van der Waals surface area contributed by atoms with Crippen LogP contribution in [-0.2, 0) is 11.3 Å². The van der Waals surface area contributed by atoms with Crippen molar-refractivity contribution in [1.82, 2.24) is 15.0 Å². The first-order valence-electron chi connectivity index (χ1n) is 4.93. The highest BCUT2D eigenvalue weighted by atomic mass is 19.1. The summed E-state index contributed by atoms with van der Waals surface area (Å²) in [5.74, 6) is 0.242. The van der Waals surface area contributed by atoms with Crippen molar-refractivity contribution < 1.29 is 9.13 Å². The summed E-state index contributed by atoms with van der Waals surface area (Å²) in [6, 6.07) is 3.05. The van der Waals surface area contributed by atoms with Crippen molar-refractivity contribution in [2.45, 2.75) is 6.61 Å². The molecule has 5 nitrogen and oxygen atoms in total. The van der Waals surface area contributed by atoms with Crippen molar-refractivity contribution in [2.75, 3.05) is 12.8 Å². The largest absolute Gasteiger partial charge is 0.384 e. The van der Waals surface area contributed by atoms with E-state index >= 15 is 0 Å². The molecule has 0 aliphatic rings. The van der Waals surface area contributed by atoms with E-state index in [1.807, 2.05) is 0 Å². The molecule has 2 heterocycles. The molecule has 2 aromatic rings. The minimum atomic E-state index is -0.450. The van der Waals surface area contributed by atoms with Crippen molar-refractivity contribution in [3.05, 3.63) is 36.2 Å². The van der Waals surface area contributed by atoms with Gasteiger partial charge in [-0.3, -0.25) is 4.98 Å². The average molecular weight is 234 g/mol. The minimum Gasteiger partial charge on any atom is -0.384 e. The fraction of sp³-hybridized carbons (Fsp3) is 0.182. The summed E-state index contributed by atoms with van der Waals surface area (Å²) < 4.78 is 18.4. The molecule has 0 aromatic carbocycles. The van der Waals surface area contributed by atoms with Crippen LogP contribution in [-0.4, -0.2) is 22.1 Å². The van der Waals surface area contributed by atoms with Gasteiger partial charge in [0.05, 0.1) is 11.9 Å². The van der Waals surface area contributed by atoms with Gasteiger partial charge in [0.15, 0.2) is 11.6 Å². The van der Waals surface area contributed by atoms with Gasteiger partial charge in [-0.05, 0) is 6.07 Å². The maximum absolute atomic E-state index is 13.5. The van der Waals surface area contributed by atoms with Gasteiger partial charge in [-0.2, -0.15) is 0 Å². The third-order valence-electron chi connectivity index (χ3n) is 2.11. The zero-order chi connectivity index (χ0) is 12.3. The summed E-state index contributed by atoms with van der Waals surface area (Å²) in [6.07, 6.45) is 2.62. The number of ether oxygens (including phenoxy) is 1. The third-order valence-corrected chi connectivity index (χ3v) is 2.11. The summed E-state index contributed by atoms with van der Waals surface area (Å²) in [5.41, 5.74) is 6.39. The summed E-state index contributed by atoms with van der Waals surface area (Å²) in [6.45, 7) is 0.227.